The zero-order valence-electron chi connectivity index (χ0n) is 18.7. The number of hydrogen-bond donors (Lipinski definition) is 1. The molecule has 33 heavy (non-hydrogen) atoms. The highest BCUT2D eigenvalue weighted by Gasteiger charge is 2.17. The van der Waals surface area contributed by atoms with Crippen molar-refractivity contribution in [1.29, 1.82) is 0 Å². The van der Waals surface area contributed by atoms with Crippen LogP contribution in [0.2, 0.25) is 0 Å². The zero-order chi connectivity index (χ0) is 23.8. The van der Waals surface area contributed by atoms with E-state index in [9.17, 15) is 14.9 Å². The van der Waals surface area contributed by atoms with Gasteiger partial charge >= 0.3 is 5.82 Å². The van der Waals surface area contributed by atoms with Gasteiger partial charge in [-0.3, -0.25) is 4.79 Å². The molecule has 0 saturated heterocycles. The second-order valence-corrected chi connectivity index (χ2v) is 7.07. The average molecular weight is 454 g/mol. The van der Waals surface area contributed by atoms with Crippen molar-refractivity contribution in [1.82, 2.24) is 9.78 Å². The number of nitrogens with one attached hydrogen (secondary N) is 1. The van der Waals surface area contributed by atoms with Crippen LogP contribution >= 0.6 is 0 Å². The van der Waals surface area contributed by atoms with Crippen molar-refractivity contribution in [2.24, 2.45) is 0 Å². The molecule has 0 aliphatic rings. The van der Waals surface area contributed by atoms with Crippen LogP contribution in [0.25, 0.3) is 0 Å². The number of amides is 1. The second kappa shape index (κ2) is 11.0. The smallest absolute Gasteiger partial charge is 0.390 e. The summed E-state index contributed by atoms with van der Waals surface area (Å²) >= 11 is 0. The van der Waals surface area contributed by atoms with E-state index < -0.39 is 4.92 Å². The Kier molecular flexibility index (Phi) is 7.85. The van der Waals surface area contributed by atoms with Gasteiger partial charge in [0.05, 0.1) is 30.1 Å². The lowest BCUT2D eigenvalue weighted by molar-refractivity contribution is -0.389. The van der Waals surface area contributed by atoms with Gasteiger partial charge in [0, 0.05) is 5.69 Å². The van der Waals surface area contributed by atoms with Gasteiger partial charge in [0.1, 0.15) is 18.9 Å². The minimum atomic E-state index is -0.592. The van der Waals surface area contributed by atoms with Gasteiger partial charge in [0.2, 0.25) is 5.91 Å². The van der Waals surface area contributed by atoms with Crippen LogP contribution in [0, 0.1) is 17.0 Å². The molecule has 0 aliphatic heterocycles. The van der Waals surface area contributed by atoms with Gasteiger partial charge in [0.25, 0.3) is 0 Å². The van der Waals surface area contributed by atoms with Crippen molar-refractivity contribution in [2.75, 3.05) is 18.5 Å². The highest BCUT2D eigenvalue weighted by molar-refractivity contribution is 5.90. The zero-order valence-corrected chi connectivity index (χ0v) is 18.7. The molecule has 0 atom stereocenters. The third-order valence-corrected chi connectivity index (χ3v) is 4.60. The molecule has 3 aromatic rings. The summed E-state index contributed by atoms with van der Waals surface area (Å²) < 4.78 is 18.3. The van der Waals surface area contributed by atoms with E-state index in [1.165, 1.54) is 10.7 Å². The minimum Gasteiger partial charge on any atom is -0.490 e. The lowest BCUT2D eigenvalue weighted by Crippen LogP contribution is -2.20. The van der Waals surface area contributed by atoms with E-state index in [2.05, 4.69) is 10.4 Å². The van der Waals surface area contributed by atoms with Crippen molar-refractivity contribution in [3.63, 3.8) is 0 Å². The molecule has 0 aliphatic carbocycles. The molecule has 0 unspecified atom stereocenters. The summed E-state index contributed by atoms with van der Waals surface area (Å²) in [4.78, 5) is 22.5. The molecule has 0 fully saturated rings. The van der Waals surface area contributed by atoms with E-state index >= 15 is 0 Å². The van der Waals surface area contributed by atoms with E-state index in [0.717, 1.165) is 5.56 Å². The van der Waals surface area contributed by atoms with E-state index in [-0.39, 0.29) is 18.3 Å². The molecular weight excluding hydrogens is 428 g/mol. The predicted molar refractivity (Wildman–Crippen MR) is 122 cm³/mol. The standard InChI is InChI=1S/C23H26N4O6/c1-4-31-20-11-6-17(13-21(20)32-5-2)15-33-19-9-7-18(8-10-19)24-23(28)14-26-16(3)12-22(25-26)27(29)30/h6-13H,4-5,14-15H2,1-3H3,(H,24,28). The Morgan fingerprint density at radius 2 is 1.73 bits per heavy atom. The Hall–Kier alpha value is -4.08. The van der Waals surface area contributed by atoms with E-state index in [0.29, 0.717) is 48.5 Å². The summed E-state index contributed by atoms with van der Waals surface area (Å²) in [5, 5.41) is 17.4. The Morgan fingerprint density at radius 3 is 2.36 bits per heavy atom. The van der Waals surface area contributed by atoms with Crippen LogP contribution in [0.1, 0.15) is 25.1 Å². The van der Waals surface area contributed by atoms with Crippen molar-refractivity contribution in [2.45, 2.75) is 33.9 Å². The number of nitro groups is 1. The third kappa shape index (κ3) is 6.45. The van der Waals surface area contributed by atoms with Gasteiger partial charge in [-0.15, -0.1) is 0 Å². The van der Waals surface area contributed by atoms with Crippen LogP contribution < -0.4 is 19.5 Å². The fourth-order valence-corrected chi connectivity index (χ4v) is 3.07. The van der Waals surface area contributed by atoms with Crippen LogP contribution in [0.5, 0.6) is 17.2 Å². The summed E-state index contributed by atoms with van der Waals surface area (Å²) in [5.41, 5.74) is 2.04. The number of aromatic nitrogens is 2. The van der Waals surface area contributed by atoms with Gasteiger partial charge in [0.15, 0.2) is 11.5 Å². The van der Waals surface area contributed by atoms with E-state index in [1.54, 1.807) is 31.2 Å². The number of carbonyl (C=O) groups is 1. The van der Waals surface area contributed by atoms with E-state index in [4.69, 9.17) is 14.2 Å². The average Bonchev–Trinajstić information content (AvgIpc) is 3.15. The number of benzene rings is 2. The Balaban J connectivity index is 1.55. The summed E-state index contributed by atoms with van der Waals surface area (Å²) in [7, 11) is 0. The van der Waals surface area contributed by atoms with Crippen molar-refractivity contribution in [3.8, 4) is 17.2 Å². The first-order chi connectivity index (χ1) is 15.9. The number of hydrogen-bond acceptors (Lipinski definition) is 7. The minimum absolute atomic E-state index is 0.127. The van der Waals surface area contributed by atoms with Gasteiger partial charge in [-0.1, -0.05) is 6.07 Å². The molecular formula is C23H26N4O6. The molecule has 0 bridgehead atoms. The molecule has 1 heterocycles. The highest BCUT2D eigenvalue weighted by atomic mass is 16.6. The Labute approximate surface area is 191 Å². The van der Waals surface area contributed by atoms with Crippen LogP contribution in [-0.4, -0.2) is 33.8 Å². The molecule has 10 nitrogen and oxygen atoms in total. The molecule has 174 valence electrons. The normalized spacial score (nSPS) is 10.5. The fraction of sp³-hybridized carbons (Fsp3) is 0.304. The number of anilines is 1. The molecule has 1 aromatic heterocycles. The number of carbonyl (C=O) groups excluding carboxylic acids is 1. The summed E-state index contributed by atoms with van der Waals surface area (Å²) in [6.07, 6.45) is 0. The summed E-state index contributed by atoms with van der Waals surface area (Å²) in [6.45, 7) is 6.80. The molecule has 0 radical (unpaired) electrons. The number of rotatable bonds is 11. The first kappa shape index (κ1) is 23.6. The number of ether oxygens (including phenoxy) is 3. The SMILES string of the molecule is CCOc1ccc(COc2ccc(NC(=O)Cn3nc([N+](=O)[O-])cc3C)cc2)cc1OCC. The largest absolute Gasteiger partial charge is 0.490 e. The van der Waals surface area contributed by atoms with Gasteiger partial charge in [-0.25, -0.2) is 0 Å². The number of nitrogens with zero attached hydrogens (tertiary/aromatic N) is 3. The monoisotopic (exact) mass is 454 g/mol. The molecule has 10 heteroatoms. The van der Waals surface area contributed by atoms with Crippen LogP contribution in [0.4, 0.5) is 11.5 Å². The van der Waals surface area contributed by atoms with E-state index in [1.807, 2.05) is 32.0 Å². The van der Waals surface area contributed by atoms with Crippen LogP contribution in [0.15, 0.2) is 48.5 Å². The topological polar surface area (TPSA) is 118 Å². The fourth-order valence-electron chi connectivity index (χ4n) is 3.07. The molecule has 1 amide bonds. The maximum atomic E-state index is 12.3. The van der Waals surface area contributed by atoms with Crippen LogP contribution in [0.3, 0.4) is 0 Å². The first-order valence-electron chi connectivity index (χ1n) is 10.5. The van der Waals surface area contributed by atoms with Crippen molar-refractivity contribution < 1.29 is 23.9 Å². The Bertz CT molecular complexity index is 1110. The molecule has 0 saturated carbocycles. The molecule has 1 N–H and O–H groups in total. The lowest BCUT2D eigenvalue weighted by atomic mass is 10.2. The van der Waals surface area contributed by atoms with Gasteiger partial charge in [-0.2, -0.15) is 4.68 Å². The van der Waals surface area contributed by atoms with Crippen LogP contribution in [-0.2, 0) is 17.9 Å². The first-order valence-corrected chi connectivity index (χ1v) is 10.5. The van der Waals surface area contributed by atoms with Crippen molar-refractivity contribution >= 4 is 17.4 Å². The summed E-state index contributed by atoms with van der Waals surface area (Å²) in [6, 6.07) is 13.9. The molecule has 0 spiro atoms. The summed E-state index contributed by atoms with van der Waals surface area (Å²) in [5.74, 6) is 1.38. The quantitative estimate of drug-likeness (QED) is 0.342. The predicted octanol–water partition coefficient (Wildman–Crippen LogP) is 4.11. The lowest BCUT2D eigenvalue weighted by Gasteiger charge is -2.13. The third-order valence-electron chi connectivity index (χ3n) is 4.60. The Morgan fingerprint density at radius 1 is 1.03 bits per heavy atom. The maximum absolute atomic E-state index is 12.3. The number of aryl methyl sites for hydroxylation is 1. The molecule has 3 rings (SSSR count). The maximum Gasteiger partial charge on any atom is 0.390 e. The molecule has 2 aromatic carbocycles. The van der Waals surface area contributed by atoms with Gasteiger partial charge < -0.3 is 29.6 Å². The van der Waals surface area contributed by atoms with Gasteiger partial charge in [-0.05, 0) is 67.7 Å². The highest BCUT2D eigenvalue weighted by Crippen LogP contribution is 2.29. The second-order valence-electron chi connectivity index (χ2n) is 7.07. The van der Waals surface area contributed by atoms with Crippen molar-refractivity contribution in [3.05, 3.63) is 69.9 Å².